The number of para-hydroxylation sites is 1. The Labute approximate surface area is 132 Å². The van der Waals surface area contributed by atoms with Gasteiger partial charge in [-0.05, 0) is 37.5 Å². The Morgan fingerprint density at radius 2 is 1.86 bits per heavy atom. The van der Waals surface area contributed by atoms with Gasteiger partial charge >= 0.3 is 0 Å². The third-order valence-corrected chi connectivity index (χ3v) is 4.33. The summed E-state index contributed by atoms with van der Waals surface area (Å²) in [6.45, 7) is 4.55. The van der Waals surface area contributed by atoms with Crippen molar-refractivity contribution in [3.05, 3.63) is 65.7 Å². The van der Waals surface area contributed by atoms with Gasteiger partial charge in [-0.15, -0.1) is 0 Å². The first-order valence-electron chi connectivity index (χ1n) is 7.85. The molecule has 1 aliphatic heterocycles. The molecular weight excluding hydrogens is 272 g/mol. The zero-order valence-electron chi connectivity index (χ0n) is 13.1. The SMILES string of the molecule is CC(NCC(=O)N1c2ccccc2CC1C)c1ccccc1. The van der Waals surface area contributed by atoms with Crippen molar-refractivity contribution < 1.29 is 4.79 Å². The number of benzene rings is 2. The summed E-state index contributed by atoms with van der Waals surface area (Å²) in [5.41, 5.74) is 3.53. The highest BCUT2D eigenvalue weighted by molar-refractivity contribution is 5.97. The fourth-order valence-corrected chi connectivity index (χ4v) is 3.13. The highest BCUT2D eigenvalue weighted by atomic mass is 16.2. The number of carbonyl (C=O) groups is 1. The molecule has 0 saturated heterocycles. The zero-order chi connectivity index (χ0) is 15.5. The van der Waals surface area contributed by atoms with Crippen molar-refractivity contribution in [3.63, 3.8) is 0 Å². The van der Waals surface area contributed by atoms with E-state index in [-0.39, 0.29) is 18.0 Å². The lowest BCUT2D eigenvalue weighted by Gasteiger charge is -2.24. The summed E-state index contributed by atoms with van der Waals surface area (Å²) >= 11 is 0. The Morgan fingerprint density at radius 3 is 2.64 bits per heavy atom. The molecule has 2 unspecified atom stereocenters. The first-order valence-corrected chi connectivity index (χ1v) is 7.85. The van der Waals surface area contributed by atoms with Gasteiger partial charge in [0.15, 0.2) is 0 Å². The summed E-state index contributed by atoms with van der Waals surface area (Å²) in [6.07, 6.45) is 0.941. The van der Waals surface area contributed by atoms with Crippen LogP contribution in [0.4, 0.5) is 5.69 Å². The molecule has 0 aliphatic carbocycles. The van der Waals surface area contributed by atoms with Crippen LogP contribution >= 0.6 is 0 Å². The molecule has 1 amide bonds. The molecule has 22 heavy (non-hydrogen) atoms. The van der Waals surface area contributed by atoms with Crippen LogP contribution < -0.4 is 10.2 Å². The molecule has 2 aromatic carbocycles. The number of carbonyl (C=O) groups excluding carboxylic acids is 1. The van der Waals surface area contributed by atoms with E-state index in [2.05, 4.69) is 37.4 Å². The largest absolute Gasteiger partial charge is 0.308 e. The molecule has 3 heteroatoms. The molecular formula is C19H22N2O. The fraction of sp³-hybridized carbons (Fsp3) is 0.316. The van der Waals surface area contributed by atoms with Crippen molar-refractivity contribution in [2.45, 2.75) is 32.4 Å². The van der Waals surface area contributed by atoms with Crippen LogP contribution in [-0.4, -0.2) is 18.5 Å². The van der Waals surface area contributed by atoms with Crippen LogP contribution in [0, 0.1) is 0 Å². The van der Waals surface area contributed by atoms with E-state index in [1.54, 1.807) is 0 Å². The van der Waals surface area contributed by atoms with E-state index in [4.69, 9.17) is 0 Å². The second-order valence-electron chi connectivity index (χ2n) is 5.96. The molecule has 0 radical (unpaired) electrons. The summed E-state index contributed by atoms with van der Waals surface area (Å²) in [7, 11) is 0. The van der Waals surface area contributed by atoms with Crippen molar-refractivity contribution >= 4 is 11.6 Å². The van der Waals surface area contributed by atoms with Gasteiger partial charge in [0, 0.05) is 17.8 Å². The molecule has 1 aliphatic rings. The Kier molecular flexibility index (Phi) is 4.25. The monoisotopic (exact) mass is 294 g/mol. The van der Waals surface area contributed by atoms with Crippen molar-refractivity contribution in [1.29, 1.82) is 0 Å². The van der Waals surface area contributed by atoms with Gasteiger partial charge in [-0.1, -0.05) is 48.5 Å². The van der Waals surface area contributed by atoms with Gasteiger partial charge in [-0.2, -0.15) is 0 Å². The van der Waals surface area contributed by atoms with E-state index in [9.17, 15) is 4.79 Å². The van der Waals surface area contributed by atoms with Crippen molar-refractivity contribution in [2.75, 3.05) is 11.4 Å². The number of fused-ring (bicyclic) bond motifs is 1. The quantitative estimate of drug-likeness (QED) is 0.938. The summed E-state index contributed by atoms with van der Waals surface area (Å²) in [6, 6.07) is 18.8. The topological polar surface area (TPSA) is 32.3 Å². The van der Waals surface area contributed by atoms with Gasteiger partial charge in [-0.3, -0.25) is 4.79 Å². The van der Waals surface area contributed by atoms with Crippen LogP contribution in [0.25, 0.3) is 0 Å². The Bertz CT molecular complexity index is 653. The Hall–Kier alpha value is -2.13. The average Bonchev–Trinajstić information content (AvgIpc) is 2.89. The van der Waals surface area contributed by atoms with E-state index in [1.807, 2.05) is 41.3 Å². The van der Waals surface area contributed by atoms with Gasteiger partial charge in [0.2, 0.25) is 5.91 Å². The van der Waals surface area contributed by atoms with E-state index >= 15 is 0 Å². The predicted octanol–water partition coefficient (Wildman–Crippen LogP) is 3.32. The van der Waals surface area contributed by atoms with Crippen LogP contribution in [0.1, 0.15) is 31.0 Å². The molecule has 1 heterocycles. The first kappa shape index (κ1) is 14.8. The van der Waals surface area contributed by atoms with Crippen LogP contribution in [0.5, 0.6) is 0 Å². The van der Waals surface area contributed by atoms with Gasteiger partial charge in [0.1, 0.15) is 0 Å². The number of rotatable bonds is 4. The van der Waals surface area contributed by atoms with Gasteiger partial charge in [-0.25, -0.2) is 0 Å². The van der Waals surface area contributed by atoms with Gasteiger partial charge < -0.3 is 10.2 Å². The normalized spacial score (nSPS) is 18.1. The van der Waals surface area contributed by atoms with Crippen molar-refractivity contribution in [2.24, 2.45) is 0 Å². The maximum Gasteiger partial charge on any atom is 0.241 e. The van der Waals surface area contributed by atoms with E-state index in [1.165, 1.54) is 11.1 Å². The molecule has 1 N–H and O–H groups in total. The summed E-state index contributed by atoms with van der Waals surface area (Å²) < 4.78 is 0. The highest BCUT2D eigenvalue weighted by Gasteiger charge is 2.30. The maximum absolute atomic E-state index is 12.6. The second-order valence-corrected chi connectivity index (χ2v) is 5.96. The minimum atomic E-state index is 0.139. The second kappa shape index (κ2) is 6.32. The smallest absolute Gasteiger partial charge is 0.241 e. The summed E-state index contributed by atoms with van der Waals surface area (Å²) in [4.78, 5) is 14.5. The minimum Gasteiger partial charge on any atom is -0.308 e. The fourth-order valence-electron chi connectivity index (χ4n) is 3.13. The lowest BCUT2D eigenvalue weighted by atomic mass is 10.1. The molecule has 2 aromatic rings. The van der Waals surface area contributed by atoms with Crippen LogP contribution in [0.3, 0.4) is 0 Å². The number of nitrogens with zero attached hydrogens (tertiary/aromatic N) is 1. The van der Waals surface area contributed by atoms with E-state index in [0.717, 1.165) is 12.1 Å². The molecule has 2 atom stereocenters. The van der Waals surface area contributed by atoms with E-state index in [0.29, 0.717) is 6.54 Å². The number of anilines is 1. The standard InChI is InChI=1S/C19H22N2O/c1-14-12-17-10-6-7-11-18(17)21(14)19(22)13-20-15(2)16-8-4-3-5-9-16/h3-11,14-15,20H,12-13H2,1-2H3. The molecule has 0 fully saturated rings. The average molecular weight is 294 g/mol. The Morgan fingerprint density at radius 1 is 1.18 bits per heavy atom. The summed E-state index contributed by atoms with van der Waals surface area (Å²) in [5.74, 6) is 0.139. The van der Waals surface area contributed by atoms with E-state index < -0.39 is 0 Å². The number of amides is 1. The lowest BCUT2D eigenvalue weighted by Crippen LogP contribution is -2.42. The van der Waals surface area contributed by atoms with Crippen molar-refractivity contribution in [3.8, 4) is 0 Å². The first-order chi connectivity index (χ1) is 10.7. The molecule has 114 valence electrons. The molecule has 0 aromatic heterocycles. The number of hydrogen-bond acceptors (Lipinski definition) is 2. The third-order valence-electron chi connectivity index (χ3n) is 4.33. The van der Waals surface area contributed by atoms with Gasteiger partial charge in [0.05, 0.1) is 6.54 Å². The maximum atomic E-state index is 12.6. The predicted molar refractivity (Wildman–Crippen MR) is 90.0 cm³/mol. The number of hydrogen-bond donors (Lipinski definition) is 1. The molecule has 0 bridgehead atoms. The summed E-state index contributed by atoms with van der Waals surface area (Å²) in [5, 5.41) is 3.34. The molecule has 3 nitrogen and oxygen atoms in total. The zero-order valence-corrected chi connectivity index (χ0v) is 13.1. The molecule has 0 spiro atoms. The highest BCUT2D eigenvalue weighted by Crippen LogP contribution is 2.31. The van der Waals surface area contributed by atoms with Crippen LogP contribution in [0.2, 0.25) is 0 Å². The lowest BCUT2D eigenvalue weighted by molar-refractivity contribution is -0.118. The Balaban J connectivity index is 1.65. The van der Waals surface area contributed by atoms with Crippen LogP contribution in [0.15, 0.2) is 54.6 Å². The minimum absolute atomic E-state index is 0.139. The van der Waals surface area contributed by atoms with Gasteiger partial charge in [0.25, 0.3) is 0 Å². The third kappa shape index (κ3) is 2.90. The van der Waals surface area contributed by atoms with Crippen molar-refractivity contribution in [1.82, 2.24) is 5.32 Å². The van der Waals surface area contributed by atoms with Crippen LogP contribution in [-0.2, 0) is 11.2 Å². The molecule has 0 saturated carbocycles. The molecule has 3 rings (SSSR count). The number of nitrogens with one attached hydrogen (secondary N) is 1.